The third-order valence-electron chi connectivity index (χ3n) is 7.19. The summed E-state index contributed by atoms with van der Waals surface area (Å²) in [5, 5.41) is 0. The first-order valence-corrected chi connectivity index (χ1v) is 13.1. The number of Topliss-reactive ketones (excluding diaryl/α,β-unsaturated/α-hetero) is 2. The molecular weight excluding hydrogens is 506 g/mol. The van der Waals surface area contributed by atoms with Crippen LogP contribution in [-0.2, 0) is 9.59 Å². The summed E-state index contributed by atoms with van der Waals surface area (Å²) in [5.41, 5.74) is 4.23. The molecule has 4 rings (SSSR count). The van der Waals surface area contributed by atoms with Gasteiger partial charge in [0.1, 0.15) is 6.61 Å². The molecule has 2 aliphatic carbocycles. The number of nitrogens with zero attached hydrogens (tertiary/aromatic N) is 1. The molecule has 35 heavy (non-hydrogen) atoms. The molecular formula is C29H36BrNO4. The second-order valence-electron chi connectivity index (χ2n) is 11.5. The summed E-state index contributed by atoms with van der Waals surface area (Å²) in [6.45, 7) is 15.1. The van der Waals surface area contributed by atoms with Crippen LogP contribution in [0.25, 0.3) is 0 Å². The van der Waals surface area contributed by atoms with Crippen molar-refractivity contribution in [3.05, 3.63) is 57.4 Å². The zero-order chi connectivity index (χ0) is 25.7. The van der Waals surface area contributed by atoms with Gasteiger partial charge in [0.2, 0.25) is 0 Å². The molecule has 0 unspecified atom stereocenters. The van der Waals surface area contributed by atoms with Gasteiger partial charge in [0.05, 0.1) is 11.1 Å². The van der Waals surface area contributed by atoms with Crippen molar-refractivity contribution < 1.29 is 19.1 Å². The minimum Gasteiger partial charge on any atom is -0.490 e. The number of carbonyl (C=O) groups excluding carboxylic acids is 2. The molecule has 1 aromatic carbocycles. The molecule has 1 heterocycles. The first-order chi connectivity index (χ1) is 16.4. The highest BCUT2D eigenvalue weighted by atomic mass is 79.9. The topological polar surface area (TPSA) is 55.8 Å². The number of ether oxygens (including phenoxy) is 2. The van der Waals surface area contributed by atoms with Gasteiger partial charge in [0.15, 0.2) is 23.1 Å². The Labute approximate surface area is 217 Å². The third-order valence-corrected chi connectivity index (χ3v) is 7.78. The molecule has 0 spiro atoms. The summed E-state index contributed by atoms with van der Waals surface area (Å²) in [5.74, 6) is 1.03. The highest BCUT2D eigenvalue weighted by molar-refractivity contribution is 9.10. The van der Waals surface area contributed by atoms with Gasteiger partial charge in [-0.3, -0.25) is 9.59 Å². The van der Waals surface area contributed by atoms with Gasteiger partial charge in [-0.25, -0.2) is 0 Å². The summed E-state index contributed by atoms with van der Waals surface area (Å²) < 4.78 is 12.6. The molecule has 3 aliphatic rings. The lowest BCUT2D eigenvalue weighted by molar-refractivity contribution is -0.119. The Morgan fingerprint density at radius 1 is 1.00 bits per heavy atom. The van der Waals surface area contributed by atoms with Gasteiger partial charge in [0, 0.05) is 48.3 Å². The van der Waals surface area contributed by atoms with E-state index in [9.17, 15) is 9.59 Å². The van der Waals surface area contributed by atoms with E-state index in [1.54, 1.807) is 6.08 Å². The Kier molecular flexibility index (Phi) is 6.82. The number of carbonyl (C=O) groups is 2. The molecule has 188 valence electrons. The van der Waals surface area contributed by atoms with Crippen molar-refractivity contribution in [3.63, 3.8) is 0 Å². The number of ketones is 2. The molecule has 0 fully saturated rings. The Balaban J connectivity index is 1.96. The maximum Gasteiger partial charge on any atom is 0.175 e. The number of halogens is 1. The standard InChI is InChI=1S/C29H36BrNO4/c1-8-10-35-27-18(30)11-17(12-23(27)34-9-2)24-25-19(13-28(3,4)15-21(25)32)31(7)20-14-29(5,6)16-22(33)26(20)24/h8,11-12,24H,1,9-10,13-16H2,2-7H3. The highest BCUT2D eigenvalue weighted by Crippen LogP contribution is 2.55. The lowest BCUT2D eigenvalue weighted by Crippen LogP contribution is -2.43. The molecule has 0 amide bonds. The van der Waals surface area contributed by atoms with E-state index in [1.807, 2.05) is 26.1 Å². The monoisotopic (exact) mass is 541 g/mol. The van der Waals surface area contributed by atoms with E-state index in [0.29, 0.717) is 37.6 Å². The maximum atomic E-state index is 13.7. The summed E-state index contributed by atoms with van der Waals surface area (Å²) in [6, 6.07) is 3.92. The van der Waals surface area contributed by atoms with Crippen molar-refractivity contribution in [3.8, 4) is 11.5 Å². The SMILES string of the molecule is C=CCOc1c(Br)cc(C2C3=C(CC(C)(C)CC3=O)N(C)C3=C2C(=O)CC(C)(C)C3)cc1OCC. The largest absolute Gasteiger partial charge is 0.490 e. The molecule has 0 aromatic heterocycles. The van der Waals surface area contributed by atoms with Crippen molar-refractivity contribution in [2.75, 3.05) is 20.3 Å². The number of hydrogen-bond acceptors (Lipinski definition) is 5. The molecule has 1 aromatic rings. The van der Waals surface area contributed by atoms with E-state index in [1.165, 1.54) is 0 Å². The number of rotatable bonds is 6. The van der Waals surface area contributed by atoms with E-state index >= 15 is 0 Å². The third kappa shape index (κ3) is 4.74. The summed E-state index contributed by atoms with van der Waals surface area (Å²) in [6.07, 6.45) is 4.22. The summed E-state index contributed by atoms with van der Waals surface area (Å²) >= 11 is 3.67. The van der Waals surface area contributed by atoms with Gasteiger partial charge >= 0.3 is 0 Å². The van der Waals surface area contributed by atoms with Gasteiger partial charge < -0.3 is 14.4 Å². The van der Waals surface area contributed by atoms with E-state index in [4.69, 9.17) is 9.47 Å². The van der Waals surface area contributed by atoms with Crippen LogP contribution in [0.4, 0.5) is 0 Å². The van der Waals surface area contributed by atoms with Crippen LogP contribution in [0, 0.1) is 10.8 Å². The van der Waals surface area contributed by atoms with Crippen LogP contribution in [0.5, 0.6) is 11.5 Å². The molecule has 5 nitrogen and oxygen atoms in total. The Bertz CT molecular complexity index is 1100. The summed E-state index contributed by atoms with van der Waals surface area (Å²) in [7, 11) is 2.03. The molecule has 1 aliphatic heterocycles. The quantitative estimate of drug-likeness (QED) is 0.373. The molecule has 0 N–H and O–H groups in total. The summed E-state index contributed by atoms with van der Waals surface area (Å²) in [4.78, 5) is 29.5. The average molecular weight is 543 g/mol. The lowest BCUT2D eigenvalue weighted by atomic mass is 9.64. The van der Waals surface area contributed by atoms with Crippen molar-refractivity contribution in [1.82, 2.24) is 4.90 Å². The van der Waals surface area contributed by atoms with E-state index in [0.717, 1.165) is 45.4 Å². The zero-order valence-electron chi connectivity index (χ0n) is 21.7. The molecule has 0 bridgehead atoms. The smallest absolute Gasteiger partial charge is 0.175 e. The first-order valence-electron chi connectivity index (χ1n) is 12.4. The van der Waals surface area contributed by atoms with Crippen molar-refractivity contribution in [1.29, 1.82) is 0 Å². The fraction of sp³-hybridized carbons (Fsp3) is 0.517. The van der Waals surface area contributed by atoms with E-state index in [2.05, 4.69) is 55.1 Å². The molecule has 6 heteroatoms. The van der Waals surface area contributed by atoms with Crippen LogP contribution >= 0.6 is 15.9 Å². The fourth-order valence-electron chi connectivity index (χ4n) is 5.80. The molecule has 0 saturated carbocycles. The second kappa shape index (κ2) is 9.27. The van der Waals surface area contributed by atoms with Crippen LogP contribution in [-0.4, -0.2) is 36.7 Å². The molecule has 0 atom stereocenters. The lowest BCUT2D eigenvalue weighted by Gasteiger charge is -2.48. The maximum absolute atomic E-state index is 13.7. The zero-order valence-corrected chi connectivity index (χ0v) is 23.3. The van der Waals surface area contributed by atoms with Gasteiger partial charge in [-0.1, -0.05) is 40.3 Å². The van der Waals surface area contributed by atoms with Crippen LogP contribution < -0.4 is 9.47 Å². The van der Waals surface area contributed by atoms with Gasteiger partial charge in [-0.15, -0.1) is 0 Å². The first kappa shape index (κ1) is 25.7. The van der Waals surface area contributed by atoms with E-state index < -0.39 is 5.92 Å². The fourth-order valence-corrected chi connectivity index (χ4v) is 6.37. The predicted molar refractivity (Wildman–Crippen MR) is 142 cm³/mol. The highest BCUT2D eigenvalue weighted by Gasteiger charge is 2.48. The number of hydrogen-bond donors (Lipinski definition) is 0. The van der Waals surface area contributed by atoms with Crippen molar-refractivity contribution in [2.24, 2.45) is 10.8 Å². The Hall–Kier alpha value is -2.34. The van der Waals surface area contributed by atoms with Gasteiger partial charge in [0.25, 0.3) is 0 Å². The predicted octanol–water partition coefficient (Wildman–Crippen LogP) is 6.73. The minimum atomic E-state index is -0.410. The molecule has 0 saturated heterocycles. The van der Waals surface area contributed by atoms with Crippen molar-refractivity contribution in [2.45, 2.75) is 66.2 Å². The van der Waals surface area contributed by atoms with Crippen LogP contribution in [0.3, 0.4) is 0 Å². The van der Waals surface area contributed by atoms with Crippen LogP contribution in [0.2, 0.25) is 0 Å². The number of allylic oxidation sites excluding steroid dienone is 4. The van der Waals surface area contributed by atoms with Gasteiger partial charge in [-0.2, -0.15) is 0 Å². The molecule has 0 radical (unpaired) electrons. The van der Waals surface area contributed by atoms with Crippen LogP contribution in [0.1, 0.15) is 71.8 Å². The Morgan fingerprint density at radius 3 is 2.03 bits per heavy atom. The average Bonchev–Trinajstić information content (AvgIpc) is 2.73. The normalized spacial score (nSPS) is 21.6. The number of benzene rings is 1. The Morgan fingerprint density at radius 2 is 1.54 bits per heavy atom. The van der Waals surface area contributed by atoms with Gasteiger partial charge in [-0.05, 0) is 64.2 Å². The van der Waals surface area contributed by atoms with E-state index in [-0.39, 0.29) is 22.4 Å². The van der Waals surface area contributed by atoms with Crippen LogP contribution in [0.15, 0.2) is 51.8 Å². The second-order valence-corrected chi connectivity index (χ2v) is 12.3. The minimum absolute atomic E-state index is 0.123. The van der Waals surface area contributed by atoms with Crippen molar-refractivity contribution >= 4 is 27.5 Å².